The second kappa shape index (κ2) is 1.95. The molecule has 25 valence electrons. The van der Waals surface area contributed by atoms with Gasteiger partial charge in [-0.1, -0.05) is 0 Å². The summed E-state index contributed by atoms with van der Waals surface area (Å²) in [6.07, 6.45) is 0. The van der Waals surface area contributed by atoms with E-state index in [1.165, 1.54) is 0 Å². The third-order valence-corrected chi connectivity index (χ3v) is 0. The topological polar surface area (TPSA) is 26.0 Å². The van der Waals surface area contributed by atoms with Crippen molar-refractivity contribution in [1.29, 1.82) is 0 Å². The summed E-state index contributed by atoms with van der Waals surface area (Å²) < 4.78 is 5.28. The van der Waals surface area contributed by atoms with Crippen LogP contribution in [0.2, 0.25) is 10.5 Å². The first-order chi connectivity index (χ1) is 1.73. The molecule has 1 nitrogen and oxygen atoms in total. The SMILES string of the molecule is [CH3][Ti]([CH3])[NH2]. The van der Waals surface area contributed by atoms with Crippen molar-refractivity contribution in [2.45, 2.75) is 10.5 Å². The Labute approximate surface area is 33.3 Å². The summed E-state index contributed by atoms with van der Waals surface area (Å²) in [4.78, 5) is 0. The van der Waals surface area contributed by atoms with Crippen molar-refractivity contribution in [3.05, 3.63) is 0 Å². The maximum absolute atomic E-state index is 5.28. The van der Waals surface area contributed by atoms with Crippen molar-refractivity contribution in [1.82, 2.24) is 0 Å². The van der Waals surface area contributed by atoms with E-state index in [0.717, 1.165) is 0 Å². The quantitative estimate of drug-likeness (QED) is 0.436. The molecule has 0 unspecified atom stereocenters. The van der Waals surface area contributed by atoms with Crippen molar-refractivity contribution in [2.75, 3.05) is 0 Å². The van der Waals surface area contributed by atoms with Gasteiger partial charge in [-0.15, -0.1) is 0 Å². The molecule has 2 heteroatoms. The van der Waals surface area contributed by atoms with Crippen LogP contribution in [0.3, 0.4) is 0 Å². The van der Waals surface area contributed by atoms with Gasteiger partial charge in [-0.2, -0.15) is 0 Å². The van der Waals surface area contributed by atoms with Crippen molar-refractivity contribution in [3.8, 4) is 0 Å². The first kappa shape index (κ1) is 4.67. The van der Waals surface area contributed by atoms with Gasteiger partial charge in [0.2, 0.25) is 0 Å². The Kier molecular flexibility index (Phi) is 2.27. The Hall–Kier alpha value is 0.674. The summed E-state index contributed by atoms with van der Waals surface area (Å²) in [5, 5.41) is 4.22. The predicted molar refractivity (Wildman–Crippen MR) is 15.9 cm³/mol. The molecule has 0 aliphatic heterocycles. The fourth-order valence-electron chi connectivity index (χ4n) is 0. The molecule has 0 aromatic heterocycles. The maximum atomic E-state index is 5.28. The normalized spacial score (nSPS) is 6.75. The molecular weight excluding hydrogens is 85.9 g/mol. The van der Waals surface area contributed by atoms with Gasteiger partial charge in [-0.3, -0.25) is 0 Å². The van der Waals surface area contributed by atoms with Gasteiger partial charge >= 0.3 is 32.8 Å². The molecule has 0 saturated carbocycles. The van der Waals surface area contributed by atoms with Crippen molar-refractivity contribution < 1.29 is 18.1 Å². The summed E-state index contributed by atoms with van der Waals surface area (Å²) in [5.74, 6) is 0. The molecule has 0 amide bonds. The van der Waals surface area contributed by atoms with Gasteiger partial charge < -0.3 is 0 Å². The second-order valence-electron chi connectivity index (χ2n) is 1.08. The van der Waals surface area contributed by atoms with Gasteiger partial charge in [0.25, 0.3) is 0 Å². The van der Waals surface area contributed by atoms with Crippen LogP contribution in [0.25, 0.3) is 0 Å². The van der Waals surface area contributed by atoms with Crippen LogP contribution < -0.4 is 4.22 Å². The molecule has 0 aliphatic carbocycles. The van der Waals surface area contributed by atoms with Crippen molar-refractivity contribution in [2.24, 2.45) is 4.22 Å². The minimum absolute atomic E-state index is 0.833. The Morgan fingerprint density at radius 2 is 1.50 bits per heavy atom. The van der Waals surface area contributed by atoms with Gasteiger partial charge in [0.15, 0.2) is 0 Å². The molecular formula is C2H8NTi. The van der Waals surface area contributed by atoms with Crippen LogP contribution in [0.5, 0.6) is 0 Å². The number of nitrogens with two attached hydrogens (primary N) is 1. The van der Waals surface area contributed by atoms with E-state index in [9.17, 15) is 0 Å². The number of hydrogen-bond acceptors (Lipinski definition) is 1. The van der Waals surface area contributed by atoms with Crippen LogP contribution in [0.1, 0.15) is 0 Å². The number of hydrogen-bond donors (Lipinski definition) is 1. The fraction of sp³-hybridized carbons (Fsp3) is 1.00. The third kappa shape index (κ3) is 16.5. The van der Waals surface area contributed by atoms with E-state index >= 15 is 0 Å². The Balaban J connectivity index is 2.32. The van der Waals surface area contributed by atoms with Crippen molar-refractivity contribution in [3.63, 3.8) is 0 Å². The van der Waals surface area contributed by atoms with E-state index in [1.807, 2.05) is 0 Å². The van der Waals surface area contributed by atoms with Gasteiger partial charge in [0.05, 0.1) is 0 Å². The van der Waals surface area contributed by atoms with Gasteiger partial charge in [-0.05, 0) is 0 Å². The zero-order chi connectivity index (χ0) is 3.58. The molecule has 0 aromatic carbocycles. The van der Waals surface area contributed by atoms with Crippen LogP contribution in [-0.4, -0.2) is 0 Å². The standard InChI is InChI=1S/2CH3.H2N.Ti/h2*1H3;1H2;/q;;-1;+1. The van der Waals surface area contributed by atoms with E-state index in [-0.39, 0.29) is 0 Å². The molecule has 0 atom stereocenters. The van der Waals surface area contributed by atoms with Crippen LogP contribution >= 0.6 is 0 Å². The zero-order valence-corrected chi connectivity index (χ0v) is 4.64. The van der Waals surface area contributed by atoms with Crippen LogP contribution in [0.4, 0.5) is 0 Å². The predicted octanol–water partition coefficient (Wildman–Crippen LogP) is 0.575. The van der Waals surface area contributed by atoms with Gasteiger partial charge in [0, 0.05) is 0 Å². The Morgan fingerprint density at radius 1 is 1.50 bits per heavy atom. The summed E-state index contributed by atoms with van der Waals surface area (Å²) >= 11 is -0.833. The average molecular weight is 94.0 g/mol. The summed E-state index contributed by atoms with van der Waals surface area (Å²) in [6.45, 7) is 0. The van der Waals surface area contributed by atoms with E-state index in [1.54, 1.807) is 0 Å². The molecule has 0 aromatic rings. The van der Waals surface area contributed by atoms with Gasteiger partial charge in [0.1, 0.15) is 0 Å². The summed E-state index contributed by atoms with van der Waals surface area (Å²) in [7, 11) is 0. The molecule has 0 rings (SSSR count). The monoisotopic (exact) mass is 94.0 g/mol. The van der Waals surface area contributed by atoms with Crippen LogP contribution in [0.15, 0.2) is 0 Å². The summed E-state index contributed by atoms with van der Waals surface area (Å²) in [5.41, 5.74) is 0. The molecule has 0 spiro atoms. The first-order valence-corrected chi connectivity index (χ1v) is 5.31. The molecule has 4 heavy (non-hydrogen) atoms. The van der Waals surface area contributed by atoms with E-state index in [4.69, 9.17) is 4.22 Å². The van der Waals surface area contributed by atoms with E-state index in [0.29, 0.717) is 0 Å². The molecule has 0 bridgehead atoms. The fourth-order valence-corrected chi connectivity index (χ4v) is 0. The van der Waals surface area contributed by atoms with E-state index < -0.39 is 18.1 Å². The third-order valence-electron chi connectivity index (χ3n) is 0. The Morgan fingerprint density at radius 3 is 1.50 bits per heavy atom. The van der Waals surface area contributed by atoms with Gasteiger partial charge in [-0.25, -0.2) is 0 Å². The number of rotatable bonds is 0. The van der Waals surface area contributed by atoms with Crippen molar-refractivity contribution >= 4 is 0 Å². The molecule has 0 saturated heterocycles. The average Bonchev–Trinajstić information content (AvgIpc) is 0.811. The molecule has 0 fully saturated rings. The van der Waals surface area contributed by atoms with Crippen LogP contribution in [-0.2, 0) is 18.1 Å². The summed E-state index contributed by atoms with van der Waals surface area (Å²) in [6, 6.07) is 0. The van der Waals surface area contributed by atoms with Crippen LogP contribution in [0, 0.1) is 0 Å². The molecule has 2 N–H and O–H groups in total. The Bertz CT molecular complexity index is 10.8. The second-order valence-corrected chi connectivity index (χ2v) is 4.44. The zero-order valence-electron chi connectivity index (χ0n) is 3.08. The molecule has 0 heterocycles. The minimum atomic E-state index is -0.833. The first-order valence-electron chi connectivity index (χ1n) is 1.29. The van der Waals surface area contributed by atoms with E-state index in [2.05, 4.69) is 10.5 Å². The molecule has 0 radical (unpaired) electrons. The molecule has 0 aliphatic rings.